The molecule has 1 aromatic heterocycles. The van der Waals surface area contributed by atoms with E-state index < -0.39 is 0 Å². The second kappa shape index (κ2) is 6.01. The molecule has 3 unspecified atom stereocenters. The molecule has 0 fully saturated rings. The zero-order valence-corrected chi connectivity index (χ0v) is 14.1. The lowest BCUT2D eigenvalue weighted by Crippen LogP contribution is -2.41. The molecule has 0 saturated heterocycles. The van der Waals surface area contributed by atoms with Crippen LogP contribution in [0.4, 0.5) is 0 Å². The zero-order chi connectivity index (χ0) is 15.8. The number of H-pyrrole nitrogens is 1. The van der Waals surface area contributed by atoms with Crippen LogP contribution in [0.5, 0.6) is 0 Å². The van der Waals surface area contributed by atoms with E-state index in [9.17, 15) is 0 Å². The number of para-hydroxylation sites is 1. The molecule has 0 saturated carbocycles. The first-order valence-electron chi connectivity index (χ1n) is 8.88. The monoisotopic (exact) mass is 306 g/mol. The van der Waals surface area contributed by atoms with Gasteiger partial charge in [-0.25, -0.2) is 0 Å². The molecule has 2 aromatic rings. The molecule has 1 N–H and O–H groups in total. The molecule has 2 nitrogen and oxygen atoms in total. The standard InChI is InChI=1S/C21H26N2/c1-15(17-8-4-3-5-9-17)13-23-14-21-19(12-16(23)2)18-10-6-7-11-20(18)22-21/h3-8,10-11,15-17,22H,9,12-14H2,1-2H3. The first-order valence-corrected chi connectivity index (χ1v) is 8.88. The van der Waals surface area contributed by atoms with E-state index in [0.29, 0.717) is 17.9 Å². The third-order valence-electron chi connectivity index (χ3n) is 5.65. The number of fused-ring (bicyclic) bond motifs is 3. The summed E-state index contributed by atoms with van der Waals surface area (Å²) < 4.78 is 0. The van der Waals surface area contributed by atoms with Crippen molar-refractivity contribution in [3.05, 3.63) is 59.8 Å². The number of hydrogen-bond donors (Lipinski definition) is 1. The lowest BCUT2D eigenvalue weighted by atomic mass is 9.87. The highest BCUT2D eigenvalue weighted by Crippen LogP contribution is 2.31. The van der Waals surface area contributed by atoms with E-state index in [1.807, 2.05) is 0 Å². The Kier molecular flexibility index (Phi) is 3.86. The van der Waals surface area contributed by atoms with Crippen molar-refractivity contribution in [3.63, 3.8) is 0 Å². The average Bonchev–Trinajstić information content (AvgIpc) is 2.93. The van der Waals surface area contributed by atoms with Crippen molar-refractivity contribution in [1.29, 1.82) is 0 Å². The number of hydrogen-bond acceptors (Lipinski definition) is 1. The highest BCUT2D eigenvalue weighted by Gasteiger charge is 2.28. The Morgan fingerprint density at radius 2 is 2.13 bits per heavy atom. The average molecular weight is 306 g/mol. The van der Waals surface area contributed by atoms with Crippen LogP contribution < -0.4 is 0 Å². The minimum absolute atomic E-state index is 0.618. The Morgan fingerprint density at radius 3 is 2.96 bits per heavy atom. The summed E-state index contributed by atoms with van der Waals surface area (Å²) in [6.07, 6.45) is 11.4. The van der Waals surface area contributed by atoms with Crippen LogP contribution in [0, 0.1) is 11.8 Å². The summed E-state index contributed by atoms with van der Waals surface area (Å²) in [5.41, 5.74) is 4.26. The van der Waals surface area contributed by atoms with Crippen LogP contribution in [-0.4, -0.2) is 22.5 Å². The van der Waals surface area contributed by atoms with Gasteiger partial charge >= 0.3 is 0 Å². The summed E-state index contributed by atoms with van der Waals surface area (Å²) in [6.45, 7) is 7.02. The van der Waals surface area contributed by atoms with E-state index in [-0.39, 0.29) is 0 Å². The molecule has 3 atom stereocenters. The summed E-state index contributed by atoms with van der Waals surface area (Å²) in [6, 6.07) is 9.35. The van der Waals surface area contributed by atoms with Crippen LogP contribution in [0.25, 0.3) is 10.9 Å². The first kappa shape index (κ1) is 14.8. The van der Waals surface area contributed by atoms with E-state index in [0.717, 1.165) is 13.0 Å². The maximum absolute atomic E-state index is 3.65. The van der Waals surface area contributed by atoms with Crippen molar-refractivity contribution >= 4 is 10.9 Å². The molecular weight excluding hydrogens is 280 g/mol. The Hall–Kier alpha value is -1.80. The SMILES string of the molecule is CC(CN1Cc2[nH]c3ccccc3c2CC1C)C1C=CC=CC1. The van der Waals surface area contributed by atoms with Crippen LogP contribution in [0.15, 0.2) is 48.6 Å². The lowest BCUT2D eigenvalue weighted by Gasteiger charge is -2.36. The highest BCUT2D eigenvalue weighted by molar-refractivity contribution is 5.84. The Balaban J connectivity index is 1.53. The van der Waals surface area contributed by atoms with E-state index in [1.54, 1.807) is 0 Å². The molecule has 0 spiro atoms. The number of allylic oxidation sites excluding steroid dienone is 4. The van der Waals surface area contributed by atoms with Crippen molar-refractivity contribution < 1.29 is 0 Å². The number of rotatable bonds is 3. The normalized spacial score (nSPS) is 25.7. The van der Waals surface area contributed by atoms with Crippen LogP contribution >= 0.6 is 0 Å². The van der Waals surface area contributed by atoms with Gasteiger partial charge in [0.25, 0.3) is 0 Å². The van der Waals surface area contributed by atoms with Crippen molar-refractivity contribution in [3.8, 4) is 0 Å². The lowest BCUT2D eigenvalue weighted by molar-refractivity contribution is 0.144. The van der Waals surface area contributed by atoms with Gasteiger partial charge in [-0.3, -0.25) is 4.90 Å². The summed E-state index contributed by atoms with van der Waals surface area (Å²) >= 11 is 0. The van der Waals surface area contributed by atoms with E-state index in [2.05, 4.69) is 72.3 Å². The predicted octanol–water partition coefficient (Wildman–Crippen LogP) is 4.68. The van der Waals surface area contributed by atoms with Gasteiger partial charge in [-0.05, 0) is 43.2 Å². The van der Waals surface area contributed by atoms with E-state index >= 15 is 0 Å². The second-order valence-corrected chi connectivity index (χ2v) is 7.30. The number of nitrogens with zero attached hydrogens (tertiary/aromatic N) is 1. The topological polar surface area (TPSA) is 19.0 Å². The van der Waals surface area contributed by atoms with Gasteiger partial charge in [-0.2, -0.15) is 0 Å². The van der Waals surface area contributed by atoms with Gasteiger partial charge in [-0.1, -0.05) is 49.4 Å². The molecule has 1 aliphatic carbocycles. The Bertz CT molecular complexity index is 752. The molecule has 2 heterocycles. The number of nitrogens with one attached hydrogen (secondary N) is 1. The number of aromatic nitrogens is 1. The molecule has 0 amide bonds. The fourth-order valence-corrected chi connectivity index (χ4v) is 4.18. The molecule has 2 heteroatoms. The summed E-state index contributed by atoms with van der Waals surface area (Å²) in [5.74, 6) is 1.39. The van der Waals surface area contributed by atoms with E-state index in [4.69, 9.17) is 0 Å². The molecule has 120 valence electrons. The van der Waals surface area contributed by atoms with Gasteiger partial charge in [0.2, 0.25) is 0 Å². The van der Waals surface area contributed by atoms with Gasteiger partial charge in [0.15, 0.2) is 0 Å². The summed E-state index contributed by atoms with van der Waals surface area (Å²) in [7, 11) is 0. The molecule has 1 aromatic carbocycles. The van der Waals surface area contributed by atoms with Gasteiger partial charge in [0, 0.05) is 35.7 Å². The summed E-state index contributed by atoms with van der Waals surface area (Å²) in [5, 5.41) is 1.42. The van der Waals surface area contributed by atoms with Crippen molar-refractivity contribution in [2.75, 3.05) is 6.54 Å². The van der Waals surface area contributed by atoms with Crippen LogP contribution in [0.1, 0.15) is 31.5 Å². The zero-order valence-electron chi connectivity index (χ0n) is 14.1. The molecule has 0 radical (unpaired) electrons. The van der Waals surface area contributed by atoms with Crippen LogP contribution in [0.3, 0.4) is 0 Å². The van der Waals surface area contributed by atoms with Crippen molar-refractivity contribution in [2.24, 2.45) is 11.8 Å². The second-order valence-electron chi connectivity index (χ2n) is 7.30. The molecule has 0 bridgehead atoms. The molecule has 23 heavy (non-hydrogen) atoms. The maximum atomic E-state index is 3.65. The van der Waals surface area contributed by atoms with E-state index in [1.165, 1.54) is 35.1 Å². The van der Waals surface area contributed by atoms with Gasteiger partial charge in [0.05, 0.1) is 0 Å². The maximum Gasteiger partial charge on any atom is 0.0459 e. The quantitative estimate of drug-likeness (QED) is 0.872. The van der Waals surface area contributed by atoms with Gasteiger partial charge in [0.1, 0.15) is 0 Å². The minimum atomic E-state index is 0.618. The smallest absolute Gasteiger partial charge is 0.0459 e. The van der Waals surface area contributed by atoms with Crippen molar-refractivity contribution in [1.82, 2.24) is 9.88 Å². The first-order chi connectivity index (χ1) is 11.2. The Morgan fingerprint density at radius 1 is 1.26 bits per heavy atom. The van der Waals surface area contributed by atoms with Gasteiger partial charge < -0.3 is 4.98 Å². The highest BCUT2D eigenvalue weighted by atomic mass is 15.2. The van der Waals surface area contributed by atoms with Crippen molar-refractivity contribution in [2.45, 2.75) is 39.3 Å². The third-order valence-corrected chi connectivity index (χ3v) is 5.65. The van der Waals surface area contributed by atoms with Crippen LogP contribution in [-0.2, 0) is 13.0 Å². The molecular formula is C21H26N2. The fraction of sp³-hybridized carbons (Fsp3) is 0.429. The molecule has 1 aliphatic heterocycles. The number of benzene rings is 1. The molecule has 4 rings (SSSR count). The van der Waals surface area contributed by atoms with Crippen LogP contribution in [0.2, 0.25) is 0 Å². The molecule has 2 aliphatic rings. The minimum Gasteiger partial charge on any atom is -0.357 e. The third kappa shape index (κ3) is 2.76. The number of aromatic amines is 1. The summed E-state index contributed by atoms with van der Waals surface area (Å²) in [4.78, 5) is 6.31. The predicted molar refractivity (Wildman–Crippen MR) is 97.4 cm³/mol. The Labute approximate surface area is 138 Å². The fourth-order valence-electron chi connectivity index (χ4n) is 4.18. The van der Waals surface area contributed by atoms with Gasteiger partial charge in [-0.15, -0.1) is 0 Å². The largest absolute Gasteiger partial charge is 0.357 e.